The van der Waals surface area contributed by atoms with E-state index < -0.39 is 0 Å². The minimum Gasteiger partial charge on any atom is -0.493 e. The Morgan fingerprint density at radius 1 is 1.33 bits per heavy atom. The maximum atomic E-state index is 11.8. The summed E-state index contributed by atoms with van der Waals surface area (Å²) in [7, 11) is 1.61. The fourth-order valence-corrected chi connectivity index (χ4v) is 2.58. The number of aromatic nitrogens is 1. The van der Waals surface area contributed by atoms with Gasteiger partial charge in [0.15, 0.2) is 16.6 Å². The van der Waals surface area contributed by atoms with Crippen LogP contribution in [-0.2, 0) is 4.79 Å². The van der Waals surface area contributed by atoms with Crippen LogP contribution < -0.4 is 14.8 Å². The van der Waals surface area contributed by atoms with Crippen molar-refractivity contribution in [3.05, 3.63) is 41.4 Å². The zero-order valence-corrected chi connectivity index (χ0v) is 14.8. The molecule has 1 amide bonds. The van der Waals surface area contributed by atoms with Crippen LogP contribution in [0.5, 0.6) is 11.5 Å². The molecule has 1 heterocycles. The highest BCUT2D eigenvalue weighted by Crippen LogP contribution is 2.28. The monoisotopic (exact) mass is 346 g/mol. The number of amides is 1. The van der Waals surface area contributed by atoms with Gasteiger partial charge in [0.2, 0.25) is 5.91 Å². The minimum atomic E-state index is -0.219. The molecule has 1 aromatic heterocycles. The van der Waals surface area contributed by atoms with Crippen LogP contribution in [0.4, 0.5) is 5.13 Å². The van der Waals surface area contributed by atoms with Gasteiger partial charge in [0.05, 0.1) is 13.7 Å². The van der Waals surface area contributed by atoms with Gasteiger partial charge in [-0.15, -0.1) is 11.3 Å². The normalized spacial score (nSPS) is 10.8. The third-order valence-electron chi connectivity index (χ3n) is 3.28. The number of nitrogens with one attached hydrogen (secondary N) is 1. The quantitative estimate of drug-likeness (QED) is 0.541. The molecule has 0 saturated carbocycles. The second-order valence-electron chi connectivity index (χ2n) is 5.13. The van der Waals surface area contributed by atoms with Gasteiger partial charge in [-0.1, -0.05) is 25.8 Å². The number of rotatable bonds is 9. The van der Waals surface area contributed by atoms with Crippen molar-refractivity contribution in [2.24, 2.45) is 0 Å². The molecule has 0 saturated heterocycles. The Hall–Kier alpha value is -2.34. The Kier molecular flexibility index (Phi) is 7.29. The van der Waals surface area contributed by atoms with Crippen molar-refractivity contribution in [1.29, 1.82) is 0 Å². The van der Waals surface area contributed by atoms with Crippen molar-refractivity contribution in [1.82, 2.24) is 4.98 Å². The van der Waals surface area contributed by atoms with Crippen LogP contribution in [0, 0.1) is 0 Å². The highest BCUT2D eigenvalue weighted by Gasteiger charge is 2.05. The number of nitrogens with zero attached hydrogens (tertiary/aromatic N) is 1. The largest absolute Gasteiger partial charge is 0.493 e. The average Bonchev–Trinajstić information content (AvgIpc) is 3.10. The summed E-state index contributed by atoms with van der Waals surface area (Å²) in [5, 5.41) is 5.09. The molecular formula is C18H22N2O3S. The molecular weight excluding hydrogens is 324 g/mol. The third-order valence-corrected chi connectivity index (χ3v) is 3.97. The first-order valence-corrected chi connectivity index (χ1v) is 8.80. The number of methoxy groups -OCH3 is 1. The number of anilines is 1. The van der Waals surface area contributed by atoms with E-state index in [1.54, 1.807) is 19.4 Å². The van der Waals surface area contributed by atoms with Crippen LogP contribution in [0.2, 0.25) is 0 Å². The first kappa shape index (κ1) is 18.0. The van der Waals surface area contributed by atoms with Crippen LogP contribution in [0.15, 0.2) is 35.9 Å². The molecule has 0 aliphatic heterocycles. The van der Waals surface area contributed by atoms with E-state index in [2.05, 4.69) is 17.2 Å². The molecule has 0 atom stereocenters. The lowest BCUT2D eigenvalue weighted by Gasteiger charge is -2.11. The van der Waals surface area contributed by atoms with E-state index in [0.29, 0.717) is 17.5 Å². The summed E-state index contributed by atoms with van der Waals surface area (Å²) in [6.45, 7) is 2.84. The molecule has 24 heavy (non-hydrogen) atoms. The standard InChI is InChI=1S/C18H22N2O3S/c1-3-4-5-11-23-15-8-6-14(13-16(15)22-2)7-9-17(21)20-18-19-10-12-24-18/h6-10,12-13H,3-5,11H2,1-2H3,(H,19,20,21). The molecule has 2 aromatic rings. The lowest BCUT2D eigenvalue weighted by molar-refractivity contribution is -0.111. The SMILES string of the molecule is CCCCCOc1ccc(C=CC(=O)Nc2nccs2)cc1OC. The summed E-state index contributed by atoms with van der Waals surface area (Å²) >= 11 is 1.38. The topological polar surface area (TPSA) is 60.5 Å². The Morgan fingerprint density at radius 2 is 2.21 bits per heavy atom. The number of unbranched alkanes of at least 4 members (excludes halogenated alkanes) is 2. The summed E-state index contributed by atoms with van der Waals surface area (Å²) in [4.78, 5) is 15.8. The van der Waals surface area contributed by atoms with Crippen molar-refractivity contribution >= 4 is 28.5 Å². The lowest BCUT2D eigenvalue weighted by Crippen LogP contribution is -2.07. The maximum absolute atomic E-state index is 11.8. The number of hydrogen-bond donors (Lipinski definition) is 1. The van der Waals surface area contributed by atoms with Crippen LogP contribution in [0.1, 0.15) is 31.7 Å². The summed E-state index contributed by atoms with van der Waals surface area (Å²) in [5.41, 5.74) is 0.863. The van der Waals surface area contributed by atoms with Crippen molar-refractivity contribution in [2.45, 2.75) is 26.2 Å². The molecule has 0 fully saturated rings. The van der Waals surface area contributed by atoms with Gasteiger partial charge in [-0.2, -0.15) is 0 Å². The smallest absolute Gasteiger partial charge is 0.250 e. The van der Waals surface area contributed by atoms with Crippen molar-refractivity contribution in [3.63, 3.8) is 0 Å². The van der Waals surface area contributed by atoms with E-state index in [-0.39, 0.29) is 5.91 Å². The molecule has 0 bridgehead atoms. The Bertz CT molecular complexity index is 669. The van der Waals surface area contributed by atoms with E-state index in [1.165, 1.54) is 17.4 Å². The van der Waals surface area contributed by atoms with Gasteiger partial charge in [0.25, 0.3) is 0 Å². The molecule has 0 radical (unpaired) electrons. The first-order chi connectivity index (χ1) is 11.7. The van der Waals surface area contributed by atoms with Crippen LogP contribution >= 0.6 is 11.3 Å². The van der Waals surface area contributed by atoms with E-state index in [9.17, 15) is 4.79 Å². The maximum Gasteiger partial charge on any atom is 0.250 e. The van der Waals surface area contributed by atoms with E-state index >= 15 is 0 Å². The fourth-order valence-electron chi connectivity index (χ4n) is 2.05. The number of benzene rings is 1. The molecule has 1 N–H and O–H groups in total. The minimum absolute atomic E-state index is 0.219. The first-order valence-electron chi connectivity index (χ1n) is 7.92. The molecule has 0 unspecified atom stereocenters. The molecule has 0 aliphatic rings. The van der Waals surface area contributed by atoms with Gasteiger partial charge in [-0.3, -0.25) is 10.1 Å². The van der Waals surface area contributed by atoms with Gasteiger partial charge in [-0.25, -0.2) is 4.98 Å². The van der Waals surface area contributed by atoms with Crippen LogP contribution in [0.3, 0.4) is 0 Å². The number of carbonyl (C=O) groups excluding carboxylic acids is 1. The molecule has 128 valence electrons. The van der Waals surface area contributed by atoms with Crippen LogP contribution in [0.25, 0.3) is 6.08 Å². The molecule has 1 aromatic carbocycles. The van der Waals surface area contributed by atoms with Gasteiger partial charge < -0.3 is 9.47 Å². The van der Waals surface area contributed by atoms with E-state index in [0.717, 1.165) is 30.6 Å². The van der Waals surface area contributed by atoms with Gasteiger partial charge in [0, 0.05) is 17.7 Å². The summed E-state index contributed by atoms with van der Waals surface area (Å²) < 4.78 is 11.1. The average molecular weight is 346 g/mol. The Labute approximate surface area is 146 Å². The van der Waals surface area contributed by atoms with Crippen molar-refractivity contribution < 1.29 is 14.3 Å². The zero-order chi connectivity index (χ0) is 17.2. The summed E-state index contributed by atoms with van der Waals surface area (Å²) in [6.07, 6.45) is 8.18. The fraction of sp³-hybridized carbons (Fsp3) is 0.333. The predicted molar refractivity (Wildman–Crippen MR) is 97.8 cm³/mol. The zero-order valence-electron chi connectivity index (χ0n) is 14.0. The van der Waals surface area contributed by atoms with E-state index in [1.807, 2.05) is 23.6 Å². The second-order valence-corrected chi connectivity index (χ2v) is 6.02. The summed E-state index contributed by atoms with van der Waals surface area (Å²) in [6, 6.07) is 5.61. The van der Waals surface area contributed by atoms with Gasteiger partial charge in [-0.05, 0) is 30.2 Å². The molecule has 0 aliphatic carbocycles. The van der Waals surface area contributed by atoms with Gasteiger partial charge >= 0.3 is 0 Å². The van der Waals surface area contributed by atoms with E-state index in [4.69, 9.17) is 9.47 Å². The lowest BCUT2D eigenvalue weighted by atomic mass is 10.2. The molecule has 2 rings (SSSR count). The molecule has 5 nitrogen and oxygen atoms in total. The number of ether oxygens (including phenoxy) is 2. The van der Waals surface area contributed by atoms with Crippen molar-refractivity contribution in [2.75, 3.05) is 19.0 Å². The summed E-state index contributed by atoms with van der Waals surface area (Å²) in [5.74, 6) is 1.16. The number of carbonyl (C=O) groups is 1. The number of hydrogen-bond acceptors (Lipinski definition) is 5. The molecule has 6 heteroatoms. The highest BCUT2D eigenvalue weighted by atomic mass is 32.1. The van der Waals surface area contributed by atoms with Crippen molar-refractivity contribution in [3.8, 4) is 11.5 Å². The Balaban J connectivity index is 1.95. The Morgan fingerprint density at radius 3 is 2.92 bits per heavy atom. The predicted octanol–water partition coefficient (Wildman–Crippen LogP) is 4.37. The molecule has 0 spiro atoms. The third kappa shape index (κ3) is 5.70. The second kappa shape index (κ2) is 9.72. The highest BCUT2D eigenvalue weighted by molar-refractivity contribution is 7.13. The van der Waals surface area contributed by atoms with Gasteiger partial charge in [0.1, 0.15) is 0 Å². The van der Waals surface area contributed by atoms with Crippen LogP contribution in [-0.4, -0.2) is 24.6 Å². The number of thiazole rings is 1.